The first-order chi connectivity index (χ1) is 9.26. The zero-order valence-corrected chi connectivity index (χ0v) is 12.0. The van der Waals surface area contributed by atoms with Gasteiger partial charge in [0, 0.05) is 18.2 Å². The molecule has 5 heteroatoms. The van der Waals surface area contributed by atoms with E-state index < -0.39 is 0 Å². The first-order valence-corrected chi connectivity index (χ1v) is 7.28. The molecule has 1 aliphatic carbocycles. The molecule has 1 N–H and O–H groups in total. The maximum absolute atomic E-state index is 5.35. The first kappa shape index (κ1) is 12.6. The molecule has 3 rings (SSSR count). The highest BCUT2D eigenvalue weighted by Gasteiger charge is 2.20. The quantitative estimate of drug-likeness (QED) is 0.911. The lowest BCUT2D eigenvalue weighted by atomic mass is 10.1. The van der Waals surface area contributed by atoms with Crippen molar-refractivity contribution in [3.63, 3.8) is 0 Å². The Bertz CT molecular complexity index is 578. The topological polar surface area (TPSA) is 47.0 Å². The lowest BCUT2D eigenvalue weighted by molar-refractivity contribution is 0.412. The van der Waals surface area contributed by atoms with Crippen molar-refractivity contribution in [1.82, 2.24) is 15.5 Å². The monoisotopic (exact) mass is 275 g/mol. The van der Waals surface area contributed by atoms with Gasteiger partial charge in [-0.2, -0.15) is 0 Å². The number of nitrogens with one attached hydrogen (secondary N) is 1. The van der Waals surface area contributed by atoms with E-state index in [1.54, 1.807) is 18.4 Å². The lowest BCUT2D eigenvalue weighted by Gasteiger charge is -2.05. The summed E-state index contributed by atoms with van der Waals surface area (Å²) in [6.07, 6.45) is 2.58. The molecule has 0 aliphatic heterocycles. The van der Waals surface area contributed by atoms with E-state index in [1.165, 1.54) is 12.8 Å². The van der Waals surface area contributed by atoms with Crippen LogP contribution in [0, 0.1) is 6.92 Å². The van der Waals surface area contributed by atoms with Crippen LogP contribution in [0.25, 0.3) is 10.6 Å². The zero-order valence-electron chi connectivity index (χ0n) is 11.1. The second-order valence-electron chi connectivity index (χ2n) is 4.84. The van der Waals surface area contributed by atoms with Crippen LogP contribution in [0.4, 0.5) is 0 Å². The van der Waals surface area contributed by atoms with Crippen LogP contribution in [0.1, 0.15) is 23.4 Å². The van der Waals surface area contributed by atoms with E-state index in [9.17, 15) is 0 Å². The molecule has 1 aliphatic rings. The van der Waals surface area contributed by atoms with Crippen molar-refractivity contribution in [2.45, 2.75) is 32.4 Å². The molecule has 1 saturated carbocycles. The summed E-state index contributed by atoms with van der Waals surface area (Å²) in [5.74, 6) is 0.894. The molecule has 0 unspecified atom stereocenters. The van der Waals surface area contributed by atoms with E-state index in [0.29, 0.717) is 6.04 Å². The molecular formula is C14H17N3OS. The fourth-order valence-corrected chi connectivity index (χ4v) is 2.70. The summed E-state index contributed by atoms with van der Waals surface area (Å²) in [7, 11) is 1.69. The van der Waals surface area contributed by atoms with Gasteiger partial charge in [0.2, 0.25) is 0 Å². The summed E-state index contributed by atoms with van der Waals surface area (Å²) >= 11 is 1.64. The van der Waals surface area contributed by atoms with E-state index >= 15 is 0 Å². The van der Waals surface area contributed by atoms with Crippen molar-refractivity contribution in [2.24, 2.45) is 0 Å². The first-order valence-electron chi connectivity index (χ1n) is 6.47. The third-order valence-electron chi connectivity index (χ3n) is 3.24. The Kier molecular flexibility index (Phi) is 3.48. The van der Waals surface area contributed by atoms with Crippen LogP contribution in [0.3, 0.4) is 0 Å². The van der Waals surface area contributed by atoms with Crippen LogP contribution in [-0.4, -0.2) is 23.3 Å². The molecule has 0 bridgehead atoms. The minimum Gasteiger partial charge on any atom is -0.496 e. The average Bonchev–Trinajstić information content (AvgIpc) is 3.14. The summed E-state index contributed by atoms with van der Waals surface area (Å²) in [6.45, 7) is 2.86. The second-order valence-corrected chi connectivity index (χ2v) is 5.90. The van der Waals surface area contributed by atoms with Gasteiger partial charge >= 0.3 is 0 Å². The number of rotatable bonds is 5. The van der Waals surface area contributed by atoms with Gasteiger partial charge in [0.15, 0.2) is 0 Å². The largest absolute Gasteiger partial charge is 0.496 e. The van der Waals surface area contributed by atoms with Gasteiger partial charge in [-0.1, -0.05) is 23.5 Å². The van der Waals surface area contributed by atoms with E-state index in [4.69, 9.17) is 4.74 Å². The molecule has 1 heterocycles. The maximum atomic E-state index is 5.35. The Morgan fingerprint density at radius 2 is 2.21 bits per heavy atom. The van der Waals surface area contributed by atoms with Crippen molar-refractivity contribution in [2.75, 3.05) is 7.11 Å². The van der Waals surface area contributed by atoms with E-state index in [1.807, 2.05) is 13.0 Å². The van der Waals surface area contributed by atoms with E-state index in [-0.39, 0.29) is 0 Å². The van der Waals surface area contributed by atoms with Gasteiger partial charge in [0.1, 0.15) is 15.8 Å². The Hall–Kier alpha value is -1.46. The standard InChI is InChI=1S/C14H17N3OS/c1-9-3-4-10(7-12(9)18-2)14-17-16-13(19-14)8-15-11-5-6-11/h3-4,7,11,15H,5-6,8H2,1-2H3. The number of benzene rings is 1. The molecule has 0 radical (unpaired) electrons. The molecule has 0 spiro atoms. The van der Waals surface area contributed by atoms with Gasteiger partial charge in [-0.3, -0.25) is 0 Å². The molecule has 0 amide bonds. The number of nitrogens with zero attached hydrogens (tertiary/aromatic N) is 2. The molecule has 2 aromatic rings. The van der Waals surface area contributed by atoms with E-state index in [0.717, 1.165) is 33.4 Å². The predicted molar refractivity (Wildman–Crippen MR) is 76.5 cm³/mol. The maximum Gasteiger partial charge on any atom is 0.147 e. The number of ether oxygens (including phenoxy) is 1. The van der Waals surface area contributed by atoms with Crippen molar-refractivity contribution in [3.05, 3.63) is 28.8 Å². The lowest BCUT2D eigenvalue weighted by Crippen LogP contribution is -2.14. The summed E-state index contributed by atoms with van der Waals surface area (Å²) < 4.78 is 5.35. The Balaban J connectivity index is 1.77. The molecule has 1 aromatic heterocycles. The number of methoxy groups -OCH3 is 1. The third kappa shape index (κ3) is 2.93. The number of aromatic nitrogens is 2. The van der Waals surface area contributed by atoms with Crippen molar-refractivity contribution in [3.8, 4) is 16.3 Å². The van der Waals surface area contributed by atoms with E-state index in [2.05, 4.69) is 27.6 Å². The third-order valence-corrected chi connectivity index (χ3v) is 4.21. The van der Waals surface area contributed by atoms with Gasteiger partial charge in [0.25, 0.3) is 0 Å². The molecule has 4 nitrogen and oxygen atoms in total. The Morgan fingerprint density at radius 3 is 2.95 bits per heavy atom. The number of aryl methyl sites for hydroxylation is 1. The summed E-state index contributed by atoms with van der Waals surface area (Å²) in [5.41, 5.74) is 2.20. The predicted octanol–water partition coefficient (Wildman–Crippen LogP) is 2.77. The summed E-state index contributed by atoms with van der Waals surface area (Å²) in [5, 5.41) is 13.9. The average molecular weight is 275 g/mol. The highest BCUT2D eigenvalue weighted by atomic mass is 32.1. The molecule has 100 valence electrons. The minimum absolute atomic E-state index is 0.701. The van der Waals surface area contributed by atoms with Crippen molar-refractivity contribution in [1.29, 1.82) is 0 Å². The zero-order chi connectivity index (χ0) is 13.2. The number of hydrogen-bond donors (Lipinski definition) is 1. The van der Waals surface area contributed by atoms with Gasteiger partial charge in [-0.05, 0) is 31.4 Å². The molecule has 19 heavy (non-hydrogen) atoms. The molecule has 0 atom stereocenters. The van der Waals surface area contributed by atoms with Crippen LogP contribution in [0.5, 0.6) is 5.75 Å². The highest BCUT2D eigenvalue weighted by Crippen LogP contribution is 2.29. The summed E-state index contributed by atoms with van der Waals surface area (Å²) in [4.78, 5) is 0. The highest BCUT2D eigenvalue weighted by molar-refractivity contribution is 7.14. The smallest absolute Gasteiger partial charge is 0.147 e. The van der Waals surface area contributed by atoms with Crippen LogP contribution in [0.2, 0.25) is 0 Å². The van der Waals surface area contributed by atoms with Gasteiger partial charge < -0.3 is 10.1 Å². The van der Waals surface area contributed by atoms with Crippen LogP contribution >= 0.6 is 11.3 Å². The van der Waals surface area contributed by atoms with Crippen LogP contribution in [-0.2, 0) is 6.54 Å². The summed E-state index contributed by atoms with van der Waals surface area (Å²) in [6, 6.07) is 6.84. The molecule has 1 fully saturated rings. The van der Waals surface area contributed by atoms with Crippen molar-refractivity contribution < 1.29 is 4.74 Å². The van der Waals surface area contributed by atoms with Crippen LogP contribution < -0.4 is 10.1 Å². The fraction of sp³-hybridized carbons (Fsp3) is 0.429. The molecule has 0 saturated heterocycles. The second kappa shape index (κ2) is 5.27. The Morgan fingerprint density at radius 1 is 1.37 bits per heavy atom. The molecular weight excluding hydrogens is 258 g/mol. The number of hydrogen-bond acceptors (Lipinski definition) is 5. The van der Waals surface area contributed by atoms with Gasteiger partial charge in [-0.15, -0.1) is 10.2 Å². The SMILES string of the molecule is COc1cc(-c2nnc(CNC3CC3)s2)ccc1C. The fourth-order valence-electron chi connectivity index (χ4n) is 1.91. The normalized spacial score (nSPS) is 14.6. The van der Waals surface area contributed by atoms with Crippen molar-refractivity contribution >= 4 is 11.3 Å². The Labute approximate surface area is 116 Å². The molecule has 1 aromatic carbocycles. The van der Waals surface area contributed by atoms with Gasteiger partial charge in [0.05, 0.1) is 7.11 Å². The van der Waals surface area contributed by atoms with Crippen LogP contribution in [0.15, 0.2) is 18.2 Å². The minimum atomic E-state index is 0.701. The van der Waals surface area contributed by atoms with Gasteiger partial charge in [-0.25, -0.2) is 0 Å².